The summed E-state index contributed by atoms with van der Waals surface area (Å²) >= 11 is 0. The molecule has 1 atom stereocenters. The molecule has 0 fully saturated rings. The molecule has 1 heterocycles. The lowest BCUT2D eigenvalue weighted by Crippen LogP contribution is -2.29. The maximum Gasteiger partial charge on any atom is 0.120 e. The van der Waals surface area contributed by atoms with Gasteiger partial charge in [-0.3, -0.25) is 0 Å². The van der Waals surface area contributed by atoms with Crippen LogP contribution >= 0.6 is 0 Å². The minimum absolute atomic E-state index is 0.117. The number of aromatic nitrogens is 1. The first-order valence-corrected chi connectivity index (χ1v) is 18.8. The Morgan fingerprint density at radius 1 is 0.464 bits per heavy atom. The van der Waals surface area contributed by atoms with E-state index in [9.17, 15) is 6.48 Å². The third kappa shape index (κ3) is 4.64. The molecule has 0 saturated carbocycles. The van der Waals surface area contributed by atoms with Crippen molar-refractivity contribution >= 4 is 49.6 Å². The van der Waals surface area contributed by atoms with Crippen LogP contribution in [0.25, 0.3) is 49.4 Å². The Hall–Kier alpha value is -7.36. The van der Waals surface area contributed by atoms with E-state index >= 15 is 0 Å². The molecule has 0 saturated heterocycles. The average Bonchev–Trinajstić information content (AvgIpc) is 3.79. The van der Waals surface area contributed by atoms with Crippen LogP contribution in [0, 0.1) is 0 Å². The molecule has 0 amide bonds. The van der Waals surface area contributed by atoms with Crippen LogP contribution < -0.4 is 4.90 Å². The third-order valence-electron chi connectivity index (χ3n) is 11.5. The fourth-order valence-electron chi connectivity index (χ4n) is 9.21. The highest BCUT2D eigenvalue weighted by Crippen LogP contribution is 2.60. The number of benzene rings is 9. The summed E-state index contributed by atoms with van der Waals surface area (Å²) in [5.74, 6) is -0.474. The molecule has 0 bridgehead atoms. The zero-order valence-corrected chi connectivity index (χ0v) is 30.2. The number of hydrogen-bond acceptors (Lipinski definition) is 2. The molecule has 3 heteroatoms. The summed E-state index contributed by atoms with van der Waals surface area (Å²) in [6.45, 7) is 0. The number of fused-ring (bicyclic) bond motifs is 7. The smallest absolute Gasteiger partial charge is 0.120 e. The van der Waals surface area contributed by atoms with Crippen molar-refractivity contribution in [3.8, 4) is 22.6 Å². The van der Waals surface area contributed by atoms with Crippen molar-refractivity contribution in [3.05, 3.63) is 234 Å². The van der Waals surface area contributed by atoms with Crippen LogP contribution in [0.4, 0.5) is 17.1 Å². The van der Waals surface area contributed by atoms with Gasteiger partial charge in [-0.2, -0.15) is 0 Å². The van der Waals surface area contributed by atoms with Crippen molar-refractivity contribution in [1.82, 2.24) is 4.57 Å². The molecule has 10 aromatic rings. The molecule has 1 aliphatic rings. The van der Waals surface area contributed by atoms with E-state index < -0.39 is 29.3 Å². The normalized spacial score (nSPS) is 15.6. The molecule has 0 radical (unpaired) electrons. The summed E-state index contributed by atoms with van der Waals surface area (Å²) in [5.41, 5.74) is 8.81. The standard InChI is InChI=1S/C53H36N2O/c56-51-29-14-12-25-47(51)53(48-26-15-28-50-52(48)43-23-10-13-27-49(43)55(50)39-20-5-2-6-21-39)45-24-11-9-22-42(45)44-35-41(32-33-46(44)53)54(38-18-3-1-4-19-38)40-31-30-36-16-7-8-17-37(36)34-40/h1-35,56H/i12D,14D,25D,29D. The minimum atomic E-state index is -1.38. The van der Waals surface area contributed by atoms with E-state index in [0.29, 0.717) is 0 Å². The molecule has 264 valence electrons. The maximum atomic E-state index is 12.3. The van der Waals surface area contributed by atoms with Gasteiger partial charge in [0.25, 0.3) is 0 Å². The summed E-state index contributed by atoms with van der Waals surface area (Å²) in [7, 11) is 0. The second kappa shape index (κ2) is 12.6. The van der Waals surface area contributed by atoms with E-state index in [4.69, 9.17) is 4.11 Å². The van der Waals surface area contributed by atoms with Gasteiger partial charge in [0.1, 0.15) is 5.75 Å². The van der Waals surface area contributed by atoms with Gasteiger partial charge in [0.05, 0.1) is 21.9 Å². The van der Waals surface area contributed by atoms with Gasteiger partial charge < -0.3 is 14.6 Å². The molecule has 9 aromatic carbocycles. The highest BCUT2D eigenvalue weighted by atomic mass is 16.3. The summed E-state index contributed by atoms with van der Waals surface area (Å²) < 4.78 is 38.5. The number of phenolic OH excluding ortho intramolecular Hbond substituents is 1. The number of rotatable bonds is 6. The van der Waals surface area contributed by atoms with Gasteiger partial charge in [-0.05, 0) is 105 Å². The van der Waals surface area contributed by atoms with Crippen molar-refractivity contribution in [2.75, 3.05) is 4.90 Å². The van der Waals surface area contributed by atoms with Crippen LogP contribution in [0.3, 0.4) is 0 Å². The minimum Gasteiger partial charge on any atom is -0.508 e. The third-order valence-corrected chi connectivity index (χ3v) is 11.5. The molecular formula is C53H36N2O. The van der Waals surface area contributed by atoms with Gasteiger partial charge in [0.15, 0.2) is 0 Å². The number of aromatic hydroxyl groups is 1. The van der Waals surface area contributed by atoms with E-state index in [0.717, 1.165) is 83.1 Å². The number of nitrogens with zero attached hydrogens (tertiary/aromatic N) is 2. The molecule has 1 N–H and O–H groups in total. The Morgan fingerprint density at radius 2 is 1.11 bits per heavy atom. The van der Waals surface area contributed by atoms with Crippen LogP contribution in [-0.2, 0) is 5.41 Å². The van der Waals surface area contributed by atoms with E-state index in [-0.39, 0.29) is 11.6 Å². The summed E-state index contributed by atoms with van der Waals surface area (Å²) in [6.07, 6.45) is 0. The highest BCUT2D eigenvalue weighted by molar-refractivity contribution is 6.12. The fraction of sp³-hybridized carbons (Fsp3) is 0.0189. The largest absolute Gasteiger partial charge is 0.508 e. The summed E-state index contributed by atoms with van der Waals surface area (Å²) in [6, 6.07) is 62.7. The molecule has 3 nitrogen and oxygen atoms in total. The number of phenols is 1. The Balaban J connectivity index is 1.27. The second-order valence-corrected chi connectivity index (χ2v) is 14.3. The predicted molar refractivity (Wildman–Crippen MR) is 232 cm³/mol. The lowest BCUT2D eigenvalue weighted by Gasteiger charge is -2.35. The molecule has 0 spiro atoms. The van der Waals surface area contributed by atoms with Crippen molar-refractivity contribution in [2.45, 2.75) is 5.41 Å². The Bertz CT molecular complexity index is 3320. The number of para-hydroxylation sites is 4. The van der Waals surface area contributed by atoms with Crippen LogP contribution in [0.5, 0.6) is 5.75 Å². The predicted octanol–water partition coefficient (Wildman–Crippen LogP) is 13.5. The Kier molecular flexibility index (Phi) is 6.34. The number of anilines is 3. The zero-order valence-electron chi connectivity index (χ0n) is 34.2. The number of hydrogen-bond donors (Lipinski definition) is 1. The van der Waals surface area contributed by atoms with E-state index in [1.807, 2.05) is 78.9 Å². The van der Waals surface area contributed by atoms with Crippen LogP contribution in [0.1, 0.15) is 27.7 Å². The van der Waals surface area contributed by atoms with E-state index in [1.165, 1.54) is 0 Å². The summed E-state index contributed by atoms with van der Waals surface area (Å²) in [5, 5.41) is 16.5. The topological polar surface area (TPSA) is 28.4 Å². The van der Waals surface area contributed by atoms with Gasteiger partial charge in [-0.1, -0.05) is 146 Å². The lowest BCUT2D eigenvalue weighted by molar-refractivity contribution is 0.461. The first-order valence-electron chi connectivity index (χ1n) is 20.8. The molecule has 1 aromatic heterocycles. The van der Waals surface area contributed by atoms with Crippen LogP contribution in [0.15, 0.2) is 212 Å². The van der Waals surface area contributed by atoms with Crippen molar-refractivity contribution < 1.29 is 10.6 Å². The molecule has 0 aliphatic heterocycles. The second-order valence-electron chi connectivity index (χ2n) is 14.3. The van der Waals surface area contributed by atoms with E-state index in [2.05, 4.69) is 119 Å². The van der Waals surface area contributed by atoms with Gasteiger partial charge >= 0.3 is 0 Å². The first kappa shape index (κ1) is 28.1. The molecular weight excluding hydrogens is 681 g/mol. The monoisotopic (exact) mass is 720 g/mol. The maximum absolute atomic E-state index is 12.3. The molecule has 11 rings (SSSR count). The van der Waals surface area contributed by atoms with Crippen molar-refractivity contribution in [2.24, 2.45) is 0 Å². The fourth-order valence-corrected chi connectivity index (χ4v) is 9.21. The van der Waals surface area contributed by atoms with Crippen LogP contribution in [-0.4, -0.2) is 9.67 Å². The lowest BCUT2D eigenvalue weighted by atomic mass is 9.66. The highest BCUT2D eigenvalue weighted by Gasteiger charge is 2.49. The molecule has 1 unspecified atom stereocenters. The first-order chi connectivity index (χ1) is 29.4. The quantitative estimate of drug-likeness (QED) is 0.185. The molecule has 1 aliphatic carbocycles. The Labute approximate surface area is 331 Å². The van der Waals surface area contributed by atoms with Gasteiger partial charge in [0, 0.05) is 39.1 Å². The zero-order chi connectivity index (χ0) is 40.7. The summed E-state index contributed by atoms with van der Waals surface area (Å²) in [4.78, 5) is 2.25. The van der Waals surface area contributed by atoms with Gasteiger partial charge in [0.2, 0.25) is 0 Å². The van der Waals surface area contributed by atoms with E-state index in [1.54, 1.807) is 0 Å². The van der Waals surface area contributed by atoms with Crippen molar-refractivity contribution in [3.63, 3.8) is 0 Å². The van der Waals surface area contributed by atoms with Crippen LogP contribution in [0.2, 0.25) is 0 Å². The SMILES string of the molecule is [2H]c1c([2H])c([2H])c(C2(c3cccc4c3c3ccccc3n4-c3ccccc3)c3ccccc3-c3cc(N(c4ccccc4)c4ccc5ccccc5c4)ccc32)c(O)c1[2H]. The Morgan fingerprint density at radius 3 is 1.98 bits per heavy atom. The van der Waals surface area contributed by atoms with Gasteiger partial charge in [-0.15, -0.1) is 0 Å². The molecule has 56 heavy (non-hydrogen) atoms. The van der Waals surface area contributed by atoms with Gasteiger partial charge in [-0.25, -0.2) is 0 Å². The average molecular weight is 721 g/mol. The van der Waals surface area contributed by atoms with Crippen molar-refractivity contribution in [1.29, 1.82) is 0 Å².